The molecule has 5 heteroatoms. The summed E-state index contributed by atoms with van der Waals surface area (Å²) in [6.45, 7) is 11.1. The van der Waals surface area contributed by atoms with Crippen LogP contribution in [0.4, 0.5) is 0 Å². The summed E-state index contributed by atoms with van der Waals surface area (Å²) in [4.78, 5) is 14.4. The van der Waals surface area contributed by atoms with E-state index in [-0.39, 0.29) is 23.3 Å². The normalized spacial score (nSPS) is 26.2. The lowest BCUT2D eigenvalue weighted by atomic mass is 9.85. The summed E-state index contributed by atoms with van der Waals surface area (Å²) in [6, 6.07) is 0. The second-order valence-corrected chi connectivity index (χ2v) is 7.85. The number of amides is 1. The molecule has 21 heavy (non-hydrogen) atoms. The fourth-order valence-corrected chi connectivity index (χ4v) is 3.06. The van der Waals surface area contributed by atoms with Crippen LogP contribution in [0.5, 0.6) is 0 Å². The van der Waals surface area contributed by atoms with E-state index in [0.29, 0.717) is 19.1 Å². The van der Waals surface area contributed by atoms with Gasteiger partial charge in [0.1, 0.15) is 0 Å². The van der Waals surface area contributed by atoms with Crippen LogP contribution in [0.15, 0.2) is 0 Å². The van der Waals surface area contributed by atoms with Crippen LogP contribution in [-0.2, 0) is 9.53 Å². The molecule has 0 aromatic heterocycles. The lowest BCUT2D eigenvalue weighted by molar-refractivity contribution is -0.150. The molecular weight excluding hydrogens is 268 g/mol. The van der Waals surface area contributed by atoms with Gasteiger partial charge in [-0.25, -0.2) is 0 Å². The lowest BCUT2D eigenvalue weighted by Crippen LogP contribution is -2.55. The summed E-state index contributed by atoms with van der Waals surface area (Å²) in [6.07, 6.45) is 2.34. The molecule has 2 aliphatic rings. The fourth-order valence-electron chi connectivity index (χ4n) is 3.06. The highest BCUT2D eigenvalue weighted by Crippen LogP contribution is 2.29. The van der Waals surface area contributed by atoms with Gasteiger partial charge in [0.05, 0.1) is 25.2 Å². The molecule has 2 saturated heterocycles. The van der Waals surface area contributed by atoms with Crippen molar-refractivity contribution in [3.05, 3.63) is 0 Å². The summed E-state index contributed by atoms with van der Waals surface area (Å²) in [7, 11) is 0. The van der Waals surface area contributed by atoms with Gasteiger partial charge >= 0.3 is 0 Å². The fraction of sp³-hybridized carbons (Fsp3) is 0.938. The minimum absolute atomic E-state index is 0.0451. The van der Waals surface area contributed by atoms with Gasteiger partial charge in [-0.1, -0.05) is 20.8 Å². The Morgan fingerprint density at radius 1 is 1.43 bits per heavy atom. The molecule has 1 amide bonds. The van der Waals surface area contributed by atoms with Gasteiger partial charge < -0.3 is 20.1 Å². The van der Waals surface area contributed by atoms with Gasteiger partial charge in [0.2, 0.25) is 5.91 Å². The minimum Gasteiger partial charge on any atom is -0.396 e. The van der Waals surface area contributed by atoms with E-state index >= 15 is 0 Å². The van der Waals surface area contributed by atoms with Gasteiger partial charge in [0, 0.05) is 25.0 Å². The Morgan fingerprint density at radius 3 is 2.67 bits per heavy atom. The third-order valence-corrected chi connectivity index (χ3v) is 4.55. The molecule has 1 unspecified atom stereocenters. The second-order valence-electron chi connectivity index (χ2n) is 7.85. The van der Waals surface area contributed by atoms with Gasteiger partial charge in [-0.05, 0) is 25.3 Å². The number of rotatable bonds is 5. The molecule has 2 heterocycles. The monoisotopic (exact) mass is 298 g/mol. The number of hydrogen-bond acceptors (Lipinski definition) is 4. The molecule has 2 fully saturated rings. The van der Waals surface area contributed by atoms with Crippen LogP contribution < -0.4 is 5.32 Å². The van der Waals surface area contributed by atoms with E-state index in [4.69, 9.17) is 4.74 Å². The number of nitrogens with zero attached hydrogens (tertiary/aromatic N) is 1. The van der Waals surface area contributed by atoms with E-state index in [0.717, 1.165) is 26.2 Å². The highest BCUT2D eigenvalue weighted by molar-refractivity contribution is 5.81. The predicted octanol–water partition coefficient (Wildman–Crippen LogP) is 0.870. The van der Waals surface area contributed by atoms with Crippen LogP contribution in [0, 0.1) is 16.7 Å². The van der Waals surface area contributed by atoms with Crippen molar-refractivity contribution >= 4 is 5.91 Å². The summed E-state index contributed by atoms with van der Waals surface area (Å²) in [5.41, 5.74) is -0.366. The van der Waals surface area contributed by atoms with Crippen LogP contribution in [0.1, 0.15) is 33.6 Å². The standard InChI is InChI=1S/C16H30N2O3/c1-15(2,3)14(20)17-7-13-5-4-6-18(8-13)9-16(10-19)11-21-12-16/h13,19H,4-12H2,1-3H3,(H,17,20). The molecule has 1 atom stereocenters. The molecule has 2 rings (SSSR count). The Labute approximate surface area is 128 Å². The first kappa shape index (κ1) is 16.7. The summed E-state index contributed by atoms with van der Waals surface area (Å²) >= 11 is 0. The first-order chi connectivity index (χ1) is 9.85. The van der Waals surface area contributed by atoms with Crippen molar-refractivity contribution in [1.82, 2.24) is 10.2 Å². The quantitative estimate of drug-likeness (QED) is 0.790. The van der Waals surface area contributed by atoms with E-state index in [1.54, 1.807) is 0 Å². The number of carbonyl (C=O) groups excluding carboxylic acids is 1. The second kappa shape index (κ2) is 6.63. The molecule has 0 aromatic rings. The number of piperidine rings is 1. The van der Waals surface area contributed by atoms with Crippen LogP contribution in [-0.4, -0.2) is 61.9 Å². The highest BCUT2D eigenvalue weighted by atomic mass is 16.5. The lowest BCUT2D eigenvalue weighted by Gasteiger charge is -2.45. The predicted molar refractivity (Wildman–Crippen MR) is 82.0 cm³/mol. The van der Waals surface area contributed by atoms with Gasteiger partial charge in [-0.2, -0.15) is 0 Å². The van der Waals surface area contributed by atoms with Crippen LogP contribution in [0.3, 0.4) is 0 Å². The third kappa shape index (κ3) is 4.41. The Bertz CT molecular complexity index is 356. The number of aliphatic hydroxyl groups excluding tert-OH is 1. The van der Waals surface area contributed by atoms with E-state index in [1.165, 1.54) is 12.8 Å². The molecule has 0 radical (unpaired) electrons. The maximum atomic E-state index is 11.9. The minimum atomic E-state index is -0.321. The zero-order chi connectivity index (χ0) is 15.5. The van der Waals surface area contributed by atoms with Gasteiger partial charge in [-0.3, -0.25) is 4.79 Å². The van der Waals surface area contributed by atoms with Crippen molar-refractivity contribution in [3.8, 4) is 0 Å². The number of carbonyl (C=O) groups is 1. The number of hydrogen-bond donors (Lipinski definition) is 2. The van der Waals surface area contributed by atoms with E-state index in [1.807, 2.05) is 20.8 Å². The van der Waals surface area contributed by atoms with Gasteiger partial charge in [-0.15, -0.1) is 0 Å². The average molecular weight is 298 g/mol. The average Bonchev–Trinajstić information content (AvgIpc) is 2.39. The summed E-state index contributed by atoms with van der Waals surface area (Å²) < 4.78 is 5.27. The van der Waals surface area contributed by atoms with Crippen molar-refractivity contribution in [2.24, 2.45) is 16.7 Å². The number of ether oxygens (including phenoxy) is 1. The first-order valence-corrected chi connectivity index (χ1v) is 8.04. The number of aliphatic hydroxyl groups is 1. The molecule has 0 spiro atoms. The van der Waals surface area contributed by atoms with Crippen LogP contribution in [0.2, 0.25) is 0 Å². The molecule has 0 aliphatic carbocycles. The zero-order valence-electron chi connectivity index (χ0n) is 13.7. The zero-order valence-corrected chi connectivity index (χ0v) is 13.7. The van der Waals surface area contributed by atoms with Gasteiger partial charge in [0.25, 0.3) is 0 Å². The van der Waals surface area contributed by atoms with Crippen LogP contribution >= 0.6 is 0 Å². The summed E-state index contributed by atoms with van der Waals surface area (Å²) in [5, 5.41) is 12.6. The molecule has 5 nitrogen and oxygen atoms in total. The number of likely N-dealkylation sites (tertiary alicyclic amines) is 1. The maximum Gasteiger partial charge on any atom is 0.225 e. The smallest absolute Gasteiger partial charge is 0.225 e. The third-order valence-electron chi connectivity index (χ3n) is 4.55. The van der Waals surface area contributed by atoms with Crippen molar-refractivity contribution < 1.29 is 14.6 Å². The number of nitrogens with one attached hydrogen (secondary N) is 1. The van der Waals surface area contributed by atoms with Crippen molar-refractivity contribution in [2.45, 2.75) is 33.6 Å². The SMILES string of the molecule is CC(C)(C)C(=O)NCC1CCCN(CC2(CO)COC2)C1. The Balaban J connectivity index is 1.77. The van der Waals surface area contributed by atoms with Gasteiger partial charge in [0.15, 0.2) is 0 Å². The molecule has 0 aromatic carbocycles. The highest BCUT2D eigenvalue weighted by Gasteiger charge is 2.40. The summed E-state index contributed by atoms with van der Waals surface area (Å²) in [5.74, 6) is 0.639. The molecule has 0 bridgehead atoms. The topological polar surface area (TPSA) is 61.8 Å². The maximum absolute atomic E-state index is 11.9. The van der Waals surface area contributed by atoms with Crippen LogP contribution in [0.25, 0.3) is 0 Å². The van der Waals surface area contributed by atoms with Crippen molar-refractivity contribution in [1.29, 1.82) is 0 Å². The molecule has 122 valence electrons. The molecule has 2 N–H and O–H groups in total. The molecule has 2 aliphatic heterocycles. The van der Waals surface area contributed by atoms with E-state index < -0.39 is 0 Å². The molecule has 0 saturated carbocycles. The Hall–Kier alpha value is -0.650. The Morgan fingerprint density at radius 2 is 2.14 bits per heavy atom. The van der Waals surface area contributed by atoms with Crippen molar-refractivity contribution in [2.75, 3.05) is 46.0 Å². The first-order valence-electron chi connectivity index (χ1n) is 8.04. The Kier molecular flexibility index (Phi) is 5.28. The van der Waals surface area contributed by atoms with Crippen molar-refractivity contribution in [3.63, 3.8) is 0 Å². The van der Waals surface area contributed by atoms with E-state index in [2.05, 4.69) is 10.2 Å². The molecular formula is C16H30N2O3. The van der Waals surface area contributed by atoms with E-state index in [9.17, 15) is 9.90 Å². The largest absolute Gasteiger partial charge is 0.396 e.